The number of sulfonamides is 1. The predicted molar refractivity (Wildman–Crippen MR) is 122 cm³/mol. The number of morpholine rings is 1. The predicted octanol–water partition coefficient (Wildman–Crippen LogP) is 1.04. The van der Waals surface area contributed by atoms with Crippen LogP contribution in [0.2, 0.25) is 0 Å². The van der Waals surface area contributed by atoms with E-state index in [0.29, 0.717) is 58.2 Å². The topological polar surface area (TPSA) is 139 Å². The first-order valence-electron chi connectivity index (χ1n) is 10.5. The molecule has 0 aliphatic carbocycles. The van der Waals surface area contributed by atoms with Gasteiger partial charge >= 0.3 is 0 Å². The molecule has 0 unspecified atom stereocenters. The Morgan fingerprint density at radius 3 is 2.30 bits per heavy atom. The number of primary sulfonamides is 1. The summed E-state index contributed by atoms with van der Waals surface area (Å²) < 4.78 is 29.2. The molecule has 12 heteroatoms. The molecule has 2 fully saturated rings. The van der Waals surface area contributed by atoms with Crippen LogP contribution in [0, 0.1) is 10.1 Å². The third-order valence-electron chi connectivity index (χ3n) is 5.85. The van der Waals surface area contributed by atoms with Crippen LogP contribution < -0.4 is 14.9 Å². The zero-order valence-corrected chi connectivity index (χ0v) is 18.7. The van der Waals surface area contributed by atoms with Crippen LogP contribution in [0.1, 0.15) is 10.4 Å². The average molecular weight is 476 g/mol. The Labute approximate surface area is 191 Å². The molecule has 2 aliphatic heterocycles. The largest absolute Gasteiger partial charge is 0.378 e. The van der Waals surface area contributed by atoms with Gasteiger partial charge in [0.25, 0.3) is 11.6 Å². The fraction of sp³-hybridized carbons (Fsp3) is 0.381. The minimum atomic E-state index is -3.97. The maximum atomic E-state index is 13.5. The third kappa shape index (κ3) is 5.07. The molecule has 1 amide bonds. The van der Waals surface area contributed by atoms with Crippen LogP contribution in [0.4, 0.5) is 17.1 Å². The second-order valence-electron chi connectivity index (χ2n) is 7.88. The standard InChI is InChI=1S/C21H25N5O6S/c22-33(30,31)18-4-5-20(24-10-12-32-13-11-24)19(15-18)21(27)25-8-6-23(7-9-25)16-2-1-3-17(14-16)26(28)29/h1-5,14-15H,6-13H2,(H2,22,30,31). The van der Waals surface area contributed by atoms with Crippen molar-refractivity contribution in [2.45, 2.75) is 4.90 Å². The van der Waals surface area contributed by atoms with Gasteiger partial charge in [0.1, 0.15) is 0 Å². The van der Waals surface area contributed by atoms with Crippen molar-refractivity contribution >= 4 is 33.0 Å². The van der Waals surface area contributed by atoms with Gasteiger partial charge in [0.05, 0.1) is 28.6 Å². The minimum Gasteiger partial charge on any atom is -0.378 e. The Bertz CT molecular complexity index is 1160. The van der Waals surface area contributed by atoms with Gasteiger partial charge in [0, 0.05) is 62.8 Å². The number of benzene rings is 2. The summed E-state index contributed by atoms with van der Waals surface area (Å²) in [5.74, 6) is -0.277. The van der Waals surface area contributed by atoms with Crippen molar-refractivity contribution in [3.05, 3.63) is 58.1 Å². The molecule has 0 spiro atoms. The van der Waals surface area contributed by atoms with E-state index in [1.54, 1.807) is 23.1 Å². The average Bonchev–Trinajstić information content (AvgIpc) is 2.83. The fourth-order valence-electron chi connectivity index (χ4n) is 4.08. The van der Waals surface area contributed by atoms with Crippen LogP contribution in [-0.4, -0.2) is 76.6 Å². The summed E-state index contributed by atoms with van der Waals surface area (Å²) in [5.41, 5.74) is 1.67. The SMILES string of the molecule is NS(=O)(=O)c1ccc(N2CCOCC2)c(C(=O)N2CCN(c3cccc([N+](=O)[O-])c3)CC2)c1. The number of nitrogens with zero attached hydrogens (tertiary/aromatic N) is 4. The molecule has 11 nitrogen and oxygen atoms in total. The molecule has 2 heterocycles. The van der Waals surface area contributed by atoms with Crippen molar-refractivity contribution in [3.63, 3.8) is 0 Å². The summed E-state index contributed by atoms with van der Waals surface area (Å²) in [7, 11) is -3.97. The van der Waals surface area contributed by atoms with E-state index in [1.807, 2.05) is 9.80 Å². The molecule has 176 valence electrons. The summed E-state index contributed by atoms with van der Waals surface area (Å²) >= 11 is 0. The molecule has 2 aromatic carbocycles. The van der Waals surface area contributed by atoms with Gasteiger partial charge in [-0.3, -0.25) is 14.9 Å². The van der Waals surface area contributed by atoms with Gasteiger partial charge in [-0.2, -0.15) is 0 Å². The first-order chi connectivity index (χ1) is 15.7. The Hall–Kier alpha value is -3.22. The summed E-state index contributed by atoms with van der Waals surface area (Å²) in [6, 6.07) is 10.8. The number of non-ortho nitro benzene ring substituents is 1. The van der Waals surface area contributed by atoms with Crippen LogP contribution >= 0.6 is 0 Å². The van der Waals surface area contributed by atoms with Crippen LogP contribution in [0.15, 0.2) is 47.4 Å². The van der Waals surface area contributed by atoms with E-state index in [0.717, 1.165) is 5.69 Å². The number of piperazine rings is 1. The van der Waals surface area contributed by atoms with Crippen molar-refractivity contribution in [3.8, 4) is 0 Å². The van der Waals surface area contributed by atoms with Crippen molar-refractivity contribution in [2.24, 2.45) is 5.14 Å². The maximum Gasteiger partial charge on any atom is 0.271 e. The summed E-state index contributed by atoms with van der Waals surface area (Å²) in [6.07, 6.45) is 0. The molecule has 0 saturated carbocycles. The number of nitrogens with two attached hydrogens (primary N) is 1. The summed E-state index contributed by atoms with van der Waals surface area (Å²) in [5, 5.41) is 16.4. The first-order valence-corrected chi connectivity index (χ1v) is 12.1. The fourth-order valence-corrected chi connectivity index (χ4v) is 4.62. The maximum absolute atomic E-state index is 13.5. The number of carbonyl (C=O) groups excluding carboxylic acids is 1. The summed E-state index contributed by atoms with van der Waals surface area (Å²) in [4.78, 5) is 29.6. The quantitative estimate of drug-likeness (QED) is 0.500. The number of hydrogen-bond donors (Lipinski definition) is 1. The van der Waals surface area contributed by atoms with E-state index < -0.39 is 14.9 Å². The Morgan fingerprint density at radius 1 is 0.970 bits per heavy atom. The van der Waals surface area contributed by atoms with Gasteiger partial charge in [0.2, 0.25) is 10.0 Å². The van der Waals surface area contributed by atoms with Crippen molar-refractivity contribution in [1.29, 1.82) is 0 Å². The number of nitro groups is 1. The number of nitro benzene ring substituents is 1. The zero-order chi connectivity index (χ0) is 23.6. The van der Waals surface area contributed by atoms with Crippen molar-refractivity contribution < 1.29 is 22.9 Å². The first kappa shape index (κ1) is 23.0. The van der Waals surface area contributed by atoms with Crippen molar-refractivity contribution in [2.75, 3.05) is 62.3 Å². The molecule has 0 aromatic heterocycles. The van der Waals surface area contributed by atoms with Gasteiger partial charge in [0.15, 0.2) is 0 Å². The monoisotopic (exact) mass is 475 g/mol. The van der Waals surface area contributed by atoms with Crippen LogP contribution in [0.3, 0.4) is 0 Å². The molecule has 2 aromatic rings. The smallest absolute Gasteiger partial charge is 0.271 e. The Balaban J connectivity index is 1.55. The molecule has 0 atom stereocenters. The van der Waals surface area contributed by atoms with E-state index in [4.69, 9.17) is 9.88 Å². The van der Waals surface area contributed by atoms with Gasteiger partial charge < -0.3 is 19.4 Å². The normalized spacial score (nSPS) is 17.2. The number of amides is 1. The number of rotatable bonds is 5. The molecular formula is C21H25N5O6S. The lowest BCUT2D eigenvalue weighted by Gasteiger charge is -2.37. The molecule has 0 radical (unpaired) electrons. The highest BCUT2D eigenvalue weighted by atomic mass is 32.2. The molecule has 2 aliphatic rings. The van der Waals surface area contributed by atoms with Crippen LogP contribution in [-0.2, 0) is 14.8 Å². The van der Waals surface area contributed by atoms with E-state index in [1.165, 1.54) is 24.3 Å². The molecular weight excluding hydrogens is 450 g/mol. The Morgan fingerprint density at radius 2 is 1.67 bits per heavy atom. The van der Waals surface area contributed by atoms with E-state index >= 15 is 0 Å². The van der Waals surface area contributed by atoms with Crippen molar-refractivity contribution in [1.82, 2.24) is 4.90 Å². The highest BCUT2D eigenvalue weighted by molar-refractivity contribution is 7.89. The zero-order valence-electron chi connectivity index (χ0n) is 17.9. The lowest BCUT2D eigenvalue weighted by atomic mass is 10.1. The number of anilines is 2. The van der Waals surface area contributed by atoms with Gasteiger partial charge in [-0.05, 0) is 24.3 Å². The highest BCUT2D eigenvalue weighted by Crippen LogP contribution is 2.28. The lowest BCUT2D eigenvalue weighted by Crippen LogP contribution is -2.49. The number of hydrogen-bond acceptors (Lipinski definition) is 8. The number of ether oxygens (including phenoxy) is 1. The second kappa shape index (κ2) is 9.33. The van der Waals surface area contributed by atoms with E-state index in [2.05, 4.69) is 0 Å². The van der Waals surface area contributed by atoms with Gasteiger partial charge in [-0.1, -0.05) is 6.07 Å². The summed E-state index contributed by atoms with van der Waals surface area (Å²) in [6.45, 7) is 4.00. The molecule has 33 heavy (non-hydrogen) atoms. The Kier molecular flexibility index (Phi) is 6.49. The second-order valence-corrected chi connectivity index (χ2v) is 9.44. The van der Waals surface area contributed by atoms with Gasteiger partial charge in [-0.15, -0.1) is 0 Å². The molecule has 2 N–H and O–H groups in total. The molecule has 0 bridgehead atoms. The van der Waals surface area contributed by atoms with Crippen LogP contribution in [0.25, 0.3) is 0 Å². The molecule has 2 saturated heterocycles. The minimum absolute atomic E-state index is 0.0148. The third-order valence-corrected chi connectivity index (χ3v) is 6.76. The lowest BCUT2D eigenvalue weighted by molar-refractivity contribution is -0.384. The van der Waals surface area contributed by atoms with E-state index in [-0.39, 0.29) is 22.1 Å². The number of carbonyl (C=O) groups is 1. The highest BCUT2D eigenvalue weighted by Gasteiger charge is 2.28. The van der Waals surface area contributed by atoms with Crippen LogP contribution in [0.5, 0.6) is 0 Å². The van der Waals surface area contributed by atoms with Gasteiger partial charge in [-0.25, -0.2) is 13.6 Å². The molecule has 4 rings (SSSR count). The van der Waals surface area contributed by atoms with E-state index in [9.17, 15) is 23.3 Å².